The number of ether oxygens (including phenoxy) is 1. The summed E-state index contributed by atoms with van der Waals surface area (Å²) in [6, 6.07) is 5.00. The number of hydrogen-bond donors (Lipinski definition) is 5. The van der Waals surface area contributed by atoms with Gasteiger partial charge in [0.05, 0.1) is 18.5 Å². The summed E-state index contributed by atoms with van der Waals surface area (Å²) in [7, 11) is 0. The highest BCUT2D eigenvalue weighted by Gasteiger charge is 2.41. The average molecular weight is 750 g/mol. The molecule has 53 heavy (non-hydrogen) atoms. The standard InChI is InChI=1S/C36H47N9O7S/c1-20(2)16-25(32(48)43-44-38)40-34(50)30(28-13-9-15-53-28)42-33(49)27-12-8-14-45(27)35(51)26(18-29(46)52-36(3,4)5)41-31(47)23(37)17-21-19-39-24-11-7-6-10-22(21)24/h6-7,9-11,13,15,19-20,23,25-27,30,39H,8,12,14,16-18,37H2,1-5H3,(H,40,50)(H,41,47)(H,42,49)/t23-,25+,26-,27+,30-/m1/s1. The second-order valence-corrected chi connectivity index (χ2v) is 15.4. The van der Waals surface area contributed by atoms with Gasteiger partial charge >= 0.3 is 5.97 Å². The van der Waals surface area contributed by atoms with E-state index in [1.165, 1.54) is 16.2 Å². The lowest BCUT2D eigenvalue weighted by Crippen LogP contribution is -2.57. The molecule has 3 heterocycles. The Bertz CT molecular complexity index is 1850. The number of rotatable bonds is 15. The van der Waals surface area contributed by atoms with Gasteiger partial charge in [0.25, 0.3) is 0 Å². The molecule has 1 fully saturated rings. The van der Waals surface area contributed by atoms with Crippen LogP contribution in [0.15, 0.2) is 53.1 Å². The second-order valence-electron chi connectivity index (χ2n) is 14.4. The monoisotopic (exact) mass is 749 g/mol. The minimum atomic E-state index is -1.40. The number of likely N-dealkylation sites (tertiary alicyclic amines) is 1. The number of amides is 5. The highest BCUT2D eigenvalue weighted by molar-refractivity contribution is 7.10. The van der Waals surface area contributed by atoms with Crippen molar-refractivity contribution in [2.75, 3.05) is 6.54 Å². The number of carbonyl (C=O) groups is 6. The largest absolute Gasteiger partial charge is 0.460 e. The molecule has 6 N–H and O–H groups in total. The van der Waals surface area contributed by atoms with Gasteiger partial charge in [-0.2, -0.15) is 0 Å². The van der Waals surface area contributed by atoms with E-state index in [9.17, 15) is 28.8 Å². The summed E-state index contributed by atoms with van der Waals surface area (Å²) in [5.74, 6) is -4.34. The van der Waals surface area contributed by atoms with E-state index < -0.39 is 77.7 Å². The first kappa shape index (κ1) is 40.5. The molecule has 0 saturated carbocycles. The quantitative estimate of drug-likeness (QED) is 0.0665. The van der Waals surface area contributed by atoms with E-state index >= 15 is 0 Å². The van der Waals surface area contributed by atoms with Crippen LogP contribution in [0.1, 0.15) is 76.8 Å². The summed E-state index contributed by atoms with van der Waals surface area (Å²) >= 11 is 1.20. The zero-order chi connectivity index (χ0) is 38.9. The lowest BCUT2D eigenvalue weighted by atomic mass is 10.0. The van der Waals surface area contributed by atoms with Gasteiger partial charge in [0.1, 0.15) is 23.7 Å². The molecule has 0 spiro atoms. The molecule has 17 heteroatoms. The number of benzene rings is 1. The number of carbonyl (C=O) groups excluding carboxylic acids is 6. The number of esters is 1. The van der Waals surface area contributed by atoms with Crippen molar-refractivity contribution in [1.82, 2.24) is 25.8 Å². The van der Waals surface area contributed by atoms with Gasteiger partial charge in [0.2, 0.25) is 29.5 Å². The fraction of sp³-hybridized carbons (Fsp3) is 0.500. The Morgan fingerprint density at radius 2 is 1.77 bits per heavy atom. The summed E-state index contributed by atoms with van der Waals surface area (Å²) in [5, 5.41) is 13.8. The Balaban J connectivity index is 1.53. The summed E-state index contributed by atoms with van der Waals surface area (Å²) in [6.45, 7) is 8.85. The normalized spacial score (nSPS) is 16.6. The smallest absolute Gasteiger partial charge is 0.308 e. The first-order valence-corrected chi connectivity index (χ1v) is 18.3. The maximum Gasteiger partial charge on any atom is 0.308 e. The zero-order valence-corrected chi connectivity index (χ0v) is 31.3. The molecule has 2 aromatic heterocycles. The highest BCUT2D eigenvalue weighted by Crippen LogP contribution is 2.25. The van der Waals surface area contributed by atoms with Gasteiger partial charge in [-0.15, -0.1) is 11.3 Å². The Labute approximate surface area is 311 Å². The van der Waals surface area contributed by atoms with Crippen LogP contribution in [0.2, 0.25) is 0 Å². The SMILES string of the molecule is CC(C)C[C@H](NC(=O)[C@H](NC(=O)[C@@H]1CCCN1C(=O)[C@@H](CC(=O)OC(C)(C)C)NC(=O)[C@H](N)Cc1c[nH]c2ccccc12)c1cccs1)C(=O)N=[N+]=[N-]. The van der Waals surface area contributed by atoms with Gasteiger partial charge < -0.3 is 36.3 Å². The van der Waals surface area contributed by atoms with Crippen molar-refractivity contribution in [2.24, 2.45) is 16.8 Å². The van der Waals surface area contributed by atoms with E-state index in [0.29, 0.717) is 11.3 Å². The van der Waals surface area contributed by atoms with Crippen molar-refractivity contribution in [3.8, 4) is 0 Å². The molecule has 0 radical (unpaired) electrons. The summed E-state index contributed by atoms with van der Waals surface area (Å²) in [5.41, 5.74) is 15.9. The van der Waals surface area contributed by atoms with Crippen molar-refractivity contribution < 1.29 is 33.5 Å². The molecule has 0 unspecified atom stereocenters. The molecule has 16 nitrogen and oxygen atoms in total. The number of fused-ring (bicyclic) bond motifs is 1. The predicted molar refractivity (Wildman–Crippen MR) is 198 cm³/mol. The number of hydrogen-bond acceptors (Lipinski definition) is 9. The minimum Gasteiger partial charge on any atom is -0.460 e. The highest BCUT2D eigenvalue weighted by atomic mass is 32.1. The number of nitrogens with two attached hydrogens (primary N) is 1. The molecule has 1 aliphatic heterocycles. The number of thiophene rings is 1. The van der Waals surface area contributed by atoms with E-state index in [1.807, 2.05) is 38.1 Å². The fourth-order valence-corrected chi connectivity index (χ4v) is 6.96. The molecule has 1 aromatic carbocycles. The molecule has 5 atom stereocenters. The molecular formula is C36H47N9O7S. The van der Waals surface area contributed by atoms with Gasteiger partial charge in [0, 0.05) is 33.4 Å². The van der Waals surface area contributed by atoms with Gasteiger partial charge in [-0.25, -0.2) is 0 Å². The summed E-state index contributed by atoms with van der Waals surface area (Å²) in [6.07, 6.45) is 2.27. The maximum absolute atomic E-state index is 14.2. The molecule has 1 saturated heterocycles. The molecule has 0 bridgehead atoms. The van der Waals surface area contributed by atoms with E-state index in [4.69, 9.17) is 16.0 Å². The number of H-pyrrole nitrogens is 1. The van der Waals surface area contributed by atoms with Crippen molar-refractivity contribution in [1.29, 1.82) is 0 Å². The Hall–Kier alpha value is -5.25. The van der Waals surface area contributed by atoms with Crippen molar-refractivity contribution >= 4 is 57.7 Å². The lowest BCUT2D eigenvalue weighted by molar-refractivity contribution is -0.157. The Morgan fingerprint density at radius 3 is 2.43 bits per heavy atom. The minimum absolute atomic E-state index is 0.0387. The average Bonchev–Trinajstić information content (AvgIpc) is 3.87. The third-order valence-corrected chi connectivity index (χ3v) is 9.47. The van der Waals surface area contributed by atoms with Crippen LogP contribution in [-0.2, 0) is 39.9 Å². The van der Waals surface area contributed by atoms with Crippen LogP contribution in [0.25, 0.3) is 21.3 Å². The number of nitrogens with one attached hydrogen (secondary N) is 4. The van der Waals surface area contributed by atoms with Gasteiger partial charge in [-0.1, -0.05) is 38.1 Å². The Morgan fingerprint density at radius 1 is 1.06 bits per heavy atom. The molecule has 1 aliphatic rings. The fourth-order valence-electron chi connectivity index (χ4n) is 6.18. The van der Waals surface area contributed by atoms with Crippen molar-refractivity contribution in [2.45, 2.75) is 103 Å². The van der Waals surface area contributed by atoms with E-state index in [-0.39, 0.29) is 31.7 Å². The molecule has 0 aliphatic carbocycles. The van der Waals surface area contributed by atoms with E-state index in [0.717, 1.165) is 16.5 Å². The molecule has 284 valence electrons. The number of para-hydroxylation sites is 1. The van der Waals surface area contributed by atoms with Crippen LogP contribution in [0.4, 0.5) is 0 Å². The van der Waals surface area contributed by atoms with Crippen LogP contribution in [0.5, 0.6) is 0 Å². The van der Waals surface area contributed by atoms with Crippen LogP contribution < -0.4 is 21.7 Å². The molecule has 5 amide bonds. The Kier molecular flexibility index (Phi) is 13.8. The number of aromatic nitrogens is 1. The first-order valence-electron chi connectivity index (χ1n) is 17.4. The predicted octanol–water partition coefficient (Wildman–Crippen LogP) is 3.53. The molecule has 3 aromatic rings. The number of azide groups is 1. The molecule has 4 rings (SSSR count). The second kappa shape index (κ2) is 18.0. The van der Waals surface area contributed by atoms with Crippen molar-refractivity contribution in [3.05, 3.63) is 68.9 Å². The first-order chi connectivity index (χ1) is 25.1. The van der Waals surface area contributed by atoms with E-state index in [1.54, 1.807) is 44.5 Å². The van der Waals surface area contributed by atoms with Crippen molar-refractivity contribution in [3.63, 3.8) is 0 Å². The van der Waals surface area contributed by atoms with Crippen LogP contribution in [0.3, 0.4) is 0 Å². The van der Waals surface area contributed by atoms with Gasteiger partial charge in [-0.3, -0.25) is 28.8 Å². The topological polar surface area (TPSA) is 242 Å². The zero-order valence-electron chi connectivity index (χ0n) is 30.5. The van der Waals surface area contributed by atoms with Crippen LogP contribution in [-0.4, -0.2) is 81.7 Å². The third-order valence-electron chi connectivity index (χ3n) is 8.54. The number of nitrogens with zero attached hydrogens (tertiary/aromatic N) is 4. The third kappa shape index (κ3) is 11.1. The molecular weight excluding hydrogens is 703 g/mol. The lowest BCUT2D eigenvalue weighted by Gasteiger charge is -2.30. The summed E-state index contributed by atoms with van der Waals surface area (Å²) in [4.78, 5) is 88.1. The van der Waals surface area contributed by atoms with Gasteiger partial charge in [0.15, 0.2) is 0 Å². The van der Waals surface area contributed by atoms with E-state index in [2.05, 4.69) is 31.0 Å². The van der Waals surface area contributed by atoms with Crippen LogP contribution in [0, 0.1) is 5.92 Å². The maximum atomic E-state index is 14.2. The number of aromatic amines is 1. The summed E-state index contributed by atoms with van der Waals surface area (Å²) < 4.78 is 5.47. The van der Waals surface area contributed by atoms with Crippen LogP contribution >= 0.6 is 11.3 Å². The van der Waals surface area contributed by atoms with Gasteiger partial charge in [-0.05, 0) is 86.1 Å².